The second kappa shape index (κ2) is 9.78. The third-order valence-corrected chi connectivity index (χ3v) is 6.11. The number of amidine groups is 1. The monoisotopic (exact) mass is 419 g/mol. The van der Waals surface area contributed by atoms with Gasteiger partial charge in [-0.05, 0) is 29.5 Å². The zero-order valence-electron chi connectivity index (χ0n) is 16.9. The van der Waals surface area contributed by atoms with Crippen molar-refractivity contribution in [3.05, 3.63) is 83.3 Å². The lowest BCUT2D eigenvalue weighted by Gasteiger charge is -2.35. The van der Waals surface area contributed by atoms with Crippen LogP contribution in [0.2, 0.25) is 0 Å². The fourth-order valence-electron chi connectivity index (χ4n) is 3.49. The Morgan fingerprint density at radius 2 is 1.77 bits per heavy atom. The van der Waals surface area contributed by atoms with Gasteiger partial charge in [0.15, 0.2) is 5.17 Å². The molecule has 0 radical (unpaired) electrons. The molecule has 5 nitrogen and oxygen atoms in total. The van der Waals surface area contributed by atoms with Crippen molar-refractivity contribution < 1.29 is 9.53 Å². The van der Waals surface area contributed by atoms with E-state index in [4.69, 9.17) is 4.74 Å². The highest BCUT2D eigenvalue weighted by Gasteiger charge is 2.28. The molecule has 2 aliphatic rings. The predicted octanol–water partition coefficient (Wildman–Crippen LogP) is 4.04. The highest BCUT2D eigenvalue weighted by molar-refractivity contribution is 8.18. The number of piperazine rings is 1. The zero-order valence-corrected chi connectivity index (χ0v) is 17.7. The summed E-state index contributed by atoms with van der Waals surface area (Å²) in [5.74, 6) is 0.557. The number of nitrogens with zero attached hydrogens (tertiary/aromatic N) is 3. The van der Waals surface area contributed by atoms with Gasteiger partial charge in [0.05, 0.1) is 4.91 Å². The molecule has 0 atom stereocenters. The molecular formula is C24H25N3O2S. The fourth-order valence-corrected chi connectivity index (χ4v) is 4.45. The summed E-state index contributed by atoms with van der Waals surface area (Å²) in [4.78, 5) is 22.1. The maximum atomic E-state index is 12.5. The van der Waals surface area contributed by atoms with Crippen molar-refractivity contribution in [2.45, 2.75) is 6.54 Å². The smallest absolute Gasteiger partial charge is 0.286 e. The van der Waals surface area contributed by atoms with Gasteiger partial charge < -0.3 is 9.64 Å². The molecule has 0 bridgehead atoms. The number of para-hydroxylation sites is 1. The molecule has 0 N–H and O–H groups in total. The number of carbonyl (C=O) groups excluding carboxylic acids is 1. The van der Waals surface area contributed by atoms with E-state index in [1.807, 2.05) is 36.4 Å². The first-order chi connectivity index (χ1) is 14.7. The van der Waals surface area contributed by atoms with Crippen LogP contribution in [0, 0.1) is 0 Å². The third kappa shape index (κ3) is 5.01. The quantitative estimate of drug-likeness (QED) is 0.522. The van der Waals surface area contributed by atoms with Crippen LogP contribution in [-0.2, 0) is 11.3 Å². The number of thioether (sulfide) groups is 1. The molecule has 4 rings (SSSR count). The van der Waals surface area contributed by atoms with Crippen molar-refractivity contribution in [3.8, 4) is 5.75 Å². The molecule has 1 saturated heterocycles. The first-order valence-electron chi connectivity index (χ1n) is 10.1. The van der Waals surface area contributed by atoms with Crippen molar-refractivity contribution in [2.75, 3.05) is 32.8 Å². The normalized spacial score (nSPS) is 18.5. The Labute approximate surface area is 181 Å². The first-order valence-corrected chi connectivity index (χ1v) is 10.9. The molecule has 0 aliphatic carbocycles. The van der Waals surface area contributed by atoms with E-state index in [2.05, 4.69) is 45.6 Å². The number of amides is 1. The van der Waals surface area contributed by atoms with Crippen LogP contribution in [0.5, 0.6) is 5.75 Å². The highest BCUT2D eigenvalue weighted by Crippen LogP contribution is 2.32. The number of aliphatic imine (C=N–C) groups is 1. The van der Waals surface area contributed by atoms with Crippen molar-refractivity contribution in [1.29, 1.82) is 0 Å². The van der Waals surface area contributed by atoms with Crippen LogP contribution in [0.15, 0.2) is 77.1 Å². The molecule has 6 heteroatoms. The molecular weight excluding hydrogens is 394 g/mol. The van der Waals surface area contributed by atoms with Crippen LogP contribution < -0.4 is 4.74 Å². The molecule has 0 spiro atoms. The van der Waals surface area contributed by atoms with Gasteiger partial charge in [0, 0.05) is 38.3 Å². The van der Waals surface area contributed by atoms with Gasteiger partial charge in [-0.3, -0.25) is 9.69 Å². The summed E-state index contributed by atoms with van der Waals surface area (Å²) in [6.07, 6.45) is 3.58. The van der Waals surface area contributed by atoms with E-state index in [1.165, 1.54) is 17.3 Å². The van der Waals surface area contributed by atoms with E-state index in [0.29, 0.717) is 11.5 Å². The second-order valence-electron chi connectivity index (χ2n) is 7.20. The van der Waals surface area contributed by atoms with Crippen LogP contribution >= 0.6 is 11.8 Å². The molecule has 0 saturated carbocycles. The molecule has 2 aromatic carbocycles. The lowest BCUT2D eigenvalue weighted by molar-refractivity contribution is -0.113. The van der Waals surface area contributed by atoms with Gasteiger partial charge in [-0.25, -0.2) is 0 Å². The van der Waals surface area contributed by atoms with Crippen LogP contribution in [0.1, 0.15) is 11.1 Å². The maximum Gasteiger partial charge on any atom is 0.286 e. The molecule has 30 heavy (non-hydrogen) atoms. The van der Waals surface area contributed by atoms with E-state index in [1.54, 1.807) is 6.08 Å². The largest absolute Gasteiger partial charge is 0.489 e. The van der Waals surface area contributed by atoms with Gasteiger partial charge in [0.1, 0.15) is 12.4 Å². The summed E-state index contributed by atoms with van der Waals surface area (Å²) in [6, 6.07) is 18.2. The minimum absolute atomic E-state index is 0.180. The number of benzene rings is 2. The van der Waals surface area contributed by atoms with Gasteiger partial charge >= 0.3 is 0 Å². The third-order valence-electron chi connectivity index (χ3n) is 5.06. The Morgan fingerprint density at radius 3 is 2.53 bits per heavy atom. The first kappa shape index (κ1) is 20.4. The van der Waals surface area contributed by atoms with Gasteiger partial charge in [0.25, 0.3) is 5.91 Å². The fraction of sp³-hybridized carbons (Fsp3) is 0.250. The molecule has 0 aromatic heterocycles. The summed E-state index contributed by atoms with van der Waals surface area (Å²) in [5, 5.41) is 0.801. The Morgan fingerprint density at radius 1 is 1.03 bits per heavy atom. The average Bonchev–Trinajstić information content (AvgIpc) is 3.14. The van der Waals surface area contributed by atoms with Crippen molar-refractivity contribution >= 4 is 28.9 Å². The minimum Gasteiger partial charge on any atom is -0.489 e. The second-order valence-corrected chi connectivity index (χ2v) is 8.21. The molecule has 2 aromatic rings. The van der Waals surface area contributed by atoms with E-state index in [0.717, 1.165) is 49.2 Å². The minimum atomic E-state index is -0.180. The Balaban J connectivity index is 1.37. The zero-order chi connectivity index (χ0) is 20.8. The van der Waals surface area contributed by atoms with E-state index in [-0.39, 0.29) is 5.91 Å². The summed E-state index contributed by atoms with van der Waals surface area (Å²) < 4.78 is 5.70. The van der Waals surface area contributed by atoms with Gasteiger partial charge in [0.2, 0.25) is 0 Å². The maximum absolute atomic E-state index is 12.5. The lowest BCUT2D eigenvalue weighted by Crippen LogP contribution is -2.47. The van der Waals surface area contributed by atoms with Crippen molar-refractivity contribution in [3.63, 3.8) is 0 Å². The molecule has 154 valence electrons. The van der Waals surface area contributed by atoms with Crippen LogP contribution in [0.4, 0.5) is 0 Å². The van der Waals surface area contributed by atoms with Gasteiger partial charge in [-0.1, -0.05) is 61.2 Å². The summed E-state index contributed by atoms with van der Waals surface area (Å²) in [7, 11) is 0. The Hall–Kier alpha value is -2.83. The number of rotatable bonds is 6. The molecule has 1 fully saturated rings. The number of ether oxygens (including phenoxy) is 1. The number of carbonyl (C=O) groups is 1. The highest BCUT2D eigenvalue weighted by atomic mass is 32.2. The Bertz CT molecular complexity index is 963. The molecule has 1 amide bonds. The summed E-state index contributed by atoms with van der Waals surface area (Å²) in [6.45, 7) is 8.73. The molecule has 0 unspecified atom stereocenters. The van der Waals surface area contributed by atoms with Gasteiger partial charge in [-0.2, -0.15) is 4.99 Å². The van der Waals surface area contributed by atoms with Gasteiger partial charge in [-0.15, -0.1) is 0 Å². The summed E-state index contributed by atoms with van der Waals surface area (Å²) >= 11 is 1.45. The van der Waals surface area contributed by atoms with Crippen LogP contribution in [0.3, 0.4) is 0 Å². The Kier molecular flexibility index (Phi) is 6.67. The van der Waals surface area contributed by atoms with Crippen molar-refractivity contribution in [1.82, 2.24) is 9.80 Å². The SMILES string of the molecule is C=CCOc1ccccc1C=C1SC(N2CCN(Cc3ccccc3)CC2)=NC1=O. The topological polar surface area (TPSA) is 45.1 Å². The molecule has 2 aliphatic heterocycles. The number of hydrogen-bond donors (Lipinski definition) is 0. The van der Waals surface area contributed by atoms with E-state index in [9.17, 15) is 4.79 Å². The van der Waals surface area contributed by atoms with Crippen molar-refractivity contribution in [2.24, 2.45) is 4.99 Å². The number of hydrogen-bond acceptors (Lipinski definition) is 5. The lowest BCUT2D eigenvalue weighted by atomic mass is 10.2. The summed E-state index contributed by atoms with van der Waals surface area (Å²) in [5.41, 5.74) is 2.20. The van der Waals surface area contributed by atoms with Crippen LogP contribution in [0.25, 0.3) is 6.08 Å². The molecule has 2 heterocycles. The van der Waals surface area contributed by atoms with E-state index >= 15 is 0 Å². The standard InChI is InChI=1S/C24H25N3O2S/c1-2-16-29-21-11-7-6-10-20(21)17-22-23(28)25-24(30-22)27-14-12-26(13-15-27)18-19-8-4-3-5-9-19/h2-11,17H,1,12-16,18H2. The van der Waals surface area contributed by atoms with Crippen LogP contribution in [-0.4, -0.2) is 53.7 Å². The average molecular weight is 420 g/mol. The van der Waals surface area contributed by atoms with E-state index < -0.39 is 0 Å². The predicted molar refractivity (Wildman–Crippen MR) is 123 cm³/mol.